The average molecular weight is 462 g/mol. The van der Waals surface area contributed by atoms with Gasteiger partial charge < -0.3 is 5.73 Å². The van der Waals surface area contributed by atoms with E-state index in [4.69, 9.17) is 5.73 Å². The monoisotopic (exact) mass is 461 g/mol. The Balaban J connectivity index is 1.62. The first kappa shape index (κ1) is 21.9. The molecule has 36 heavy (non-hydrogen) atoms. The van der Waals surface area contributed by atoms with Gasteiger partial charge in [0.2, 0.25) is 0 Å². The largest absolute Gasteiger partial charge is 0.404 e. The van der Waals surface area contributed by atoms with Crippen molar-refractivity contribution in [3.63, 3.8) is 0 Å². The summed E-state index contributed by atoms with van der Waals surface area (Å²) in [7, 11) is 0. The Morgan fingerprint density at radius 3 is 1.67 bits per heavy atom. The Labute approximate surface area is 211 Å². The van der Waals surface area contributed by atoms with Crippen LogP contribution < -0.4 is 5.73 Å². The van der Waals surface area contributed by atoms with Crippen LogP contribution in [0.4, 0.5) is 0 Å². The fraction of sp³-hybridized carbons (Fsp3) is 0.0286. The molecule has 0 fully saturated rings. The van der Waals surface area contributed by atoms with Crippen molar-refractivity contribution in [1.82, 2.24) is 0 Å². The predicted molar refractivity (Wildman–Crippen MR) is 157 cm³/mol. The van der Waals surface area contributed by atoms with E-state index in [9.17, 15) is 0 Å². The summed E-state index contributed by atoms with van der Waals surface area (Å²) >= 11 is 0. The fourth-order valence-electron chi connectivity index (χ4n) is 5.36. The van der Waals surface area contributed by atoms with Gasteiger partial charge in [0.15, 0.2) is 0 Å². The lowest BCUT2D eigenvalue weighted by Gasteiger charge is -2.18. The van der Waals surface area contributed by atoms with Gasteiger partial charge in [0.25, 0.3) is 0 Å². The lowest BCUT2D eigenvalue weighted by atomic mass is 9.85. The van der Waals surface area contributed by atoms with Crippen molar-refractivity contribution in [2.75, 3.05) is 0 Å². The molecule has 0 amide bonds. The molecule has 6 rings (SSSR count). The summed E-state index contributed by atoms with van der Waals surface area (Å²) < 4.78 is 0. The van der Waals surface area contributed by atoms with Gasteiger partial charge in [0.1, 0.15) is 0 Å². The van der Waals surface area contributed by atoms with Crippen LogP contribution in [-0.2, 0) is 0 Å². The second-order valence-electron chi connectivity index (χ2n) is 9.11. The van der Waals surface area contributed by atoms with E-state index in [1.807, 2.05) is 19.1 Å². The van der Waals surface area contributed by atoms with Crippen LogP contribution in [-0.4, -0.2) is 0 Å². The molecule has 0 saturated carbocycles. The van der Waals surface area contributed by atoms with Crippen LogP contribution in [0.1, 0.15) is 12.5 Å². The smallest absolute Gasteiger partial charge is 0.00174 e. The van der Waals surface area contributed by atoms with Gasteiger partial charge in [-0.15, -0.1) is 0 Å². The van der Waals surface area contributed by atoms with Crippen LogP contribution in [0.15, 0.2) is 134 Å². The first-order chi connectivity index (χ1) is 17.8. The summed E-state index contributed by atoms with van der Waals surface area (Å²) in [5, 5.41) is 7.51. The number of hydrogen-bond donors (Lipinski definition) is 1. The third kappa shape index (κ3) is 3.66. The molecule has 0 saturated heterocycles. The molecule has 0 aliphatic rings. The molecule has 0 spiro atoms. The summed E-state index contributed by atoms with van der Waals surface area (Å²) in [5.74, 6) is 0. The third-order valence-electron chi connectivity index (χ3n) is 6.98. The van der Waals surface area contributed by atoms with E-state index in [0.717, 1.165) is 11.1 Å². The third-order valence-corrected chi connectivity index (χ3v) is 6.98. The van der Waals surface area contributed by atoms with Gasteiger partial charge in [0, 0.05) is 6.20 Å². The summed E-state index contributed by atoms with van der Waals surface area (Å²) in [6, 6.07) is 41.7. The number of nitrogens with two attached hydrogens (primary N) is 1. The maximum atomic E-state index is 5.88. The second kappa shape index (κ2) is 9.20. The highest BCUT2D eigenvalue weighted by atomic mass is 14.5. The van der Waals surface area contributed by atoms with Crippen LogP contribution in [0, 0.1) is 0 Å². The van der Waals surface area contributed by atoms with Crippen LogP contribution in [0.2, 0.25) is 0 Å². The normalized spacial score (nSPS) is 12.2. The summed E-state index contributed by atoms with van der Waals surface area (Å²) in [6.45, 7) is 2.01. The van der Waals surface area contributed by atoms with Crippen LogP contribution >= 0.6 is 0 Å². The quantitative estimate of drug-likeness (QED) is 0.205. The van der Waals surface area contributed by atoms with E-state index in [0.29, 0.717) is 0 Å². The zero-order valence-electron chi connectivity index (χ0n) is 20.3. The second-order valence-corrected chi connectivity index (χ2v) is 9.11. The maximum absolute atomic E-state index is 5.88. The van der Waals surface area contributed by atoms with Gasteiger partial charge >= 0.3 is 0 Å². The molecule has 0 atom stereocenters. The van der Waals surface area contributed by atoms with E-state index in [2.05, 4.69) is 115 Å². The molecule has 0 bridgehead atoms. The van der Waals surface area contributed by atoms with Crippen molar-refractivity contribution in [3.05, 3.63) is 139 Å². The number of rotatable bonds is 4. The lowest BCUT2D eigenvalue weighted by molar-refractivity contribution is 1.56. The molecule has 0 aliphatic carbocycles. The molecule has 6 aromatic carbocycles. The van der Waals surface area contributed by atoms with Crippen molar-refractivity contribution >= 4 is 37.9 Å². The molecule has 172 valence electrons. The Hall–Kier alpha value is -4.62. The Bertz CT molecular complexity index is 1730. The highest BCUT2D eigenvalue weighted by Crippen LogP contribution is 2.44. The fourth-order valence-corrected chi connectivity index (χ4v) is 5.36. The summed E-state index contributed by atoms with van der Waals surface area (Å²) in [5.41, 5.74) is 13.1. The summed E-state index contributed by atoms with van der Waals surface area (Å²) in [4.78, 5) is 0. The first-order valence-corrected chi connectivity index (χ1v) is 12.4. The molecule has 2 N–H and O–H groups in total. The Morgan fingerprint density at radius 1 is 0.556 bits per heavy atom. The maximum Gasteiger partial charge on any atom is 0.00174 e. The van der Waals surface area contributed by atoms with Crippen molar-refractivity contribution in [2.24, 2.45) is 5.73 Å². The molecular formula is C35H27N. The molecule has 1 heteroatoms. The minimum Gasteiger partial charge on any atom is -0.404 e. The average Bonchev–Trinajstić information content (AvgIpc) is 2.94. The number of benzene rings is 6. The Kier molecular flexibility index (Phi) is 5.59. The van der Waals surface area contributed by atoms with E-state index in [-0.39, 0.29) is 0 Å². The SMILES string of the molecule is C/C=C\C(=C/N)c1ccc2cc(-c3c4ccccc4c(-c4ccccc4)c4ccccc34)ccc2c1. The molecule has 0 aromatic heterocycles. The first-order valence-electron chi connectivity index (χ1n) is 12.4. The molecule has 0 radical (unpaired) electrons. The van der Waals surface area contributed by atoms with Crippen molar-refractivity contribution in [2.45, 2.75) is 6.92 Å². The molecule has 0 heterocycles. The van der Waals surface area contributed by atoms with Crippen LogP contribution in [0.5, 0.6) is 0 Å². The zero-order chi connectivity index (χ0) is 24.5. The van der Waals surface area contributed by atoms with Crippen molar-refractivity contribution in [3.8, 4) is 22.3 Å². The molecule has 0 unspecified atom stereocenters. The van der Waals surface area contributed by atoms with Gasteiger partial charge in [-0.05, 0) is 84.8 Å². The molecule has 6 aromatic rings. The number of hydrogen-bond acceptors (Lipinski definition) is 1. The predicted octanol–water partition coefficient (Wildman–Crippen LogP) is 9.36. The van der Waals surface area contributed by atoms with E-state index in [1.54, 1.807) is 6.20 Å². The minimum atomic E-state index is 1.02. The minimum absolute atomic E-state index is 1.02. The van der Waals surface area contributed by atoms with Crippen LogP contribution in [0.3, 0.4) is 0 Å². The van der Waals surface area contributed by atoms with Gasteiger partial charge in [-0.1, -0.05) is 115 Å². The van der Waals surface area contributed by atoms with E-state index < -0.39 is 0 Å². The van der Waals surface area contributed by atoms with E-state index in [1.165, 1.54) is 54.6 Å². The highest BCUT2D eigenvalue weighted by Gasteiger charge is 2.16. The van der Waals surface area contributed by atoms with Crippen molar-refractivity contribution < 1.29 is 0 Å². The molecule has 1 nitrogen and oxygen atoms in total. The van der Waals surface area contributed by atoms with E-state index >= 15 is 0 Å². The number of allylic oxidation sites excluding steroid dienone is 3. The van der Waals surface area contributed by atoms with Crippen molar-refractivity contribution in [1.29, 1.82) is 0 Å². The van der Waals surface area contributed by atoms with Crippen LogP contribution in [0.25, 0.3) is 60.1 Å². The highest BCUT2D eigenvalue weighted by molar-refractivity contribution is 6.21. The zero-order valence-corrected chi connectivity index (χ0v) is 20.3. The molecular weight excluding hydrogens is 434 g/mol. The Morgan fingerprint density at radius 2 is 1.08 bits per heavy atom. The van der Waals surface area contributed by atoms with Gasteiger partial charge in [-0.25, -0.2) is 0 Å². The lowest BCUT2D eigenvalue weighted by Crippen LogP contribution is -1.91. The van der Waals surface area contributed by atoms with Gasteiger partial charge in [-0.3, -0.25) is 0 Å². The summed E-state index contributed by atoms with van der Waals surface area (Å²) in [6.07, 6.45) is 5.73. The molecule has 0 aliphatic heterocycles. The topological polar surface area (TPSA) is 26.0 Å². The van der Waals surface area contributed by atoms with Gasteiger partial charge in [-0.2, -0.15) is 0 Å². The number of fused-ring (bicyclic) bond motifs is 3. The standard InChI is InChI=1S/C35H27N/c1-2-10-29(23-36)27-18-17-26-22-28(20-19-25(26)21-27)35-32-15-8-6-13-30(32)34(24-11-4-3-5-12-24)31-14-7-9-16-33(31)35/h2-23H,36H2,1H3/b10-2-,29-23+. The van der Waals surface area contributed by atoms with Gasteiger partial charge in [0.05, 0.1) is 0 Å².